The molecule has 0 fully saturated rings. The molecule has 1 aliphatic heterocycles. The number of amides is 2. The van der Waals surface area contributed by atoms with Gasteiger partial charge in [-0.2, -0.15) is 5.26 Å². The van der Waals surface area contributed by atoms with E-state index in [1.165, 1.54) is 7.05 Å². The van der Waals surface area contributed by atoms with Crippen LogP contribution < -0.4 is 5.32 Å². The van der Waals surface area contributed by atoms with Crippen LogP contribution in [0.4, 0.5) is 0 Å². The SMILES string of the molecule is CCCCNC=C1C(=O)N(C)C(=O)C(C#N)=C1C. The van der Waals surface area contributed by atoms with Crippen molar-refractivity contribution in [2.75, 3.05) is 13.6 Å². The van der Waals surface area contributed by atoms with Crippen molar-refractivity contribution in [2.45, 2.75) is 26.7 Å². The van der Waals surface area contributed by atoms with Crippen molar-refractivity contribution in [2.24, 2.45) is 0 Å². The Morgan fingerprint density at radius 3 is 2.61 bits per heavy atom. The van der Waals surface area contributed by atoms with E-state index in [2.05, 4.69) is 12.2 Å². The van der Waals surface area contributed by atoms with Gasteiger partial charge in [0.25, 0.3) is 11.8 Å². The van der Waals surface area contributed by atoms with E-state index in [0.717, 1.165) is 24.3 Å². The van der Waals surface area contributed by atoms with Crippen molar-refractivity contribution in [3.63, 3.8) is 0 Å². The summed E-state index contributed by atoms with van der Waals surface area (Å²) in [6, 6.07) is 1.85. The van der Waals surface area contributed by atoms with Gasteiger partial charge in [-0.3, -0.25) is 14.5 Å². The van der Waals surface area contributed by atoms with Crippen LogP contribution in [0.2, 0.25) is 0 Å². The fourth-order valence-electron chi connectivity index (χ4n) is 1.65. The molecule has 1 rings (SSSR count). The zero-order valence-electron chi connectivity index (χ0n) is 10.9. The highest BCUT2D eigenvalue weighted by atomic mass is 16.2. The molecular weight excluding hydrogens is 230 g/mol. The van der Waals surface area contributed by atoms with Crippen LogP contribution >= 0.6 is 0 Å². The van der Waals surface area contributed by atoms with Gasteiger partial charge in [0, 0.05) is 19.8 Å². The Balaban J connectivity index is 3.03. The Bertz CT molecular complexity index is 469. The van der Waals surface area contributed by atoms with Crippen LogP contribution in [0.5, 0.6) is 0 Å². The maximum absolute atomic E-state index is 11.9. The molecule has 0 saturated carbocycles. The van der Waals surface area contributed by atoms with Gasteiger partial charge in [-0.15, -0.1) is 0 Å². The number of hydrogen-bond donors (Lipinski definition) is 1. The Morgan fingerprint density at radius 2 is 2.06 bits per heavy atom. The van der Waals surface area contributed by atoms with E-state index in [-0.39, 0.29) is 11.5 Å². The number of carbonyl (C=O) groups is 2. The first-order chi connectivity index (χ1) is 8.54. The molecule has 2 amide bonds. The highest BCUT2D eigenvalue weighted by Crippen LogP contribution is 2.23. The molecule has 0 radical (unpaired) electrons. The van der Waals surface area contributed by atoms with Crippen LogP contribution in [0.3, 0.4) is 0 Å². The minimum atomic E-state index is -0.536. The quantitative estimate of drug-likeness (QED) is 0.458. The van der Waals surface area contributed by atoms with E-state index in [4.69, 9.17) is 5.26 Å². The lowest BCUT2D eigenvalue weighted by molar-refractivity contribution is -0.138. The number of nitrogens with zero attached hydrogens (tertiary/aromatic N) is 2. The highest BCUT2D eigenvalue weighted by molar-refractivity contribution is 6.17. The Kier molecular flexibility index (Phi) is 4.67. The molecule has 5 nitrogen and oxygen atoms in total. The van der Waals surface area contributed by atoms with Crippen LogP contribution in [-0.2, 0) is 9.59 Å². The lowest BCUT2D eigenvalue weighted by atomic mass is 9.96. The molecule has 0 atom stereocenters. The van der Waals surface area contributed by atoms with Gasteiger partial charge in [-0.05, 0) is 18.9 Å². The first kappa shape index (κ1) is 14.0. The first-order valence-electron chi connectivity index (χ1n) is 5.91. The fourth-order valence-corrected chi connectivity index (χ4v) is 1.65. The third kappa shape index (κ3) is 2.59. The zero-order valence-corrected chi connectivity index (χ0v) is 10.9. The summed E-state index contributed by atoms with van der Waals surface area (Å²) in [6.07, 6.45) is 3.65. The summed E-state index contributed by atoms with van der Waals surface area (Å²) in [5.41, 5.74) is 0.847. The number of carbonyl (C=O) groups excluding carboxylic acids is 2. The summed E-state index contributed by atoms with van der Waals surface area (Å²) in [5, 5.41) is 12.0. The van der Waals surface area contributed by atoms with Crippen LogP contribution in [0, 0.1) is 11.3 Å². The van der Waals surface area contributed by atoms with Gasteiger partial charge in [0.1, 0.15) is 11.6 Å². The van der Waals surface area contributed by atoms with Crippen molar-refractivity contribution in [1.29, 1.82) is 5.26 Å². The van der Waals surface area contributed by atoms with Crippen molar-refractivity contribution < 1.29 is 9.59 Å². The van der Waals surface area contributed by atoms with Gasteiger partial charge in [0.05, 0.1) is 5.57 Å². The van der Waals surface area contributed by atoms with Gasteiger partial charge in [-0.25, -0.2) is 0 Å². The van der Waals surface area contributed by atoms with Crippen molar-refractivity contribution in [3.8, 4) is 6.07 Å². The zero-order chi connectivity index (χ0) is 13.7. The minimum absolute atomic E-state index is 0.0284. The van der Waals surface area contributed by atoms with Crippen LogP contribution in [0.25, 0.3) is 0 Å². The number of imide groups is 1. The van der Waals surface area contributed by atoms with Crippen molar-refractivity contribution in [1.82, 2.24) is 10.2 Å². The second kappa shape index (κ2) is 6.01. The monoisotopic (exact) mass is 247 g/mol. The summed E-state index contributed by atoms with van der Waals surface area (Å²) < 4.78 is 0. The molecule has 0 aromatic rings. The van der Waals surface area contributed by atoms with E-state index in [0.29, 0.717) is 11.1 Å². The average molecular weight is 247 g/mol. The molecule has 0 spiro atoms. The standard InChI is InChI=1S/C13H17N3O2/c1-4-5-6-15-8-11-9(2)10(7-14)12(17)16(3)13(11)18/h8,15H,4-6H2,1-3H3. The van der Waals surface area contributed by atoms with E-state index in [9.17, 15) is 9.59 Å². The predicted molar refractivity (Wildman–Crippen MR) is 67.1 cm³/mol. The van der Waals surface area contributed by atoms with Crippen molar-refractivity contribution >= 4 is 11.8 Å². The van der Waals surface area contributed by atoms with Crippen LogP contribution in [0.15, 0.2) is 22.9 Å². The van der Waals surface area contributed by atoms with Gasteiger partial charge in [0.15, 0.2) is 0 Å². The van der Waals surface area contributed by atoms with E-state index in [1.54, 1.807) is 13.1 Å². The highest BCUT2D eigenvalue weighted by Gasteiger charge is 2.32. The maximum Gasteiger partial charge on any atom is 0.271 e. The van der Waals surface area contributed by atoms with Gasteiger partial charge < -0.3 is 5.32 Å². The second-order valence-corrected chi connectivity index (χ2v) is 4.15. The summed E-state index contributed by atoms with van der Waals surface area (Å²) in [7, 11) is 1.38. The summed E-state index contributed by atoms with van der Waals surface area (Å²) in [4.78, 5) is 24.6. The molecule has 5 heteroatoms. The number of rotatable bonds is 4. The molecule has 18 heavy (non-hydrogen) atoms. The molecule has 1 aliphatic rings. The summed E-state index contributed by atoms with van der Waals surface area (Å²) >= 11 is 0. The lowest BCUT2D eigenvalue weighted by Gasteiger charge is -2.23. The molecule has 0 aliphatic carbocycles. The van der Waals surface area contributed by atoms with Gasteiger partial charge in [0.2, 0.25) is 0 Å². The van der Waals surface area contributed by atoms with E-state index >= 15 is 0 Å². The first-order valence-corrected chi connectivity index (χ1v) is 5.91. The average Bonchev–Trinajstić information content (AvgIpc) is 2.36. The molecule has 0 unspecified atom stereocenters. The van der Waals surface area contributed by atoms with Crippen LogP contribution in [-0.4, -0.2) is 30.3 Å². The smallest absolute Gasteiger partial charge is 0.271 e. The van der Waals surface area contributed by atoms with Gasteiger partial charge in [-0.1, -0.05) is 13.3 Å². The molecule has 0 bridgehead atoms. The predicted octanol–water partition coefficient (Wildman–Crippen LogP) is 1.10. The van der Waals surface area contributed by atoms with E-state index < -0.39 is 5.91 Å². The summed E-state index contributed by atoms with van der Waals surface area (Å²) in [6.45, 7) is 4.46. The third-order valence-corrected chi connectivity index (χ3v) is 2.87. The number of nitriles is 1. The fraction of sp³-hybridized carbons (Fsp3) is 0.462. The third-order valence-electron chi connectivity index (χ3n) is 2.87. The number of likely N-dealkylation sites (N-methyl/N-ethyl adjacent to an activating group) is 1. The number of hydrogen-bond acceptors (Lipinski definition) is 4. The molecule has 1 heterocycles. The second-order valence-electron chi connectivity index (χ2n) is 4.15. The molecule has 96 valence electrons. The normalized spacial score (nSPS) is 18.3. The summed E-state index contributed by atoms with van der Waals surface area (Å²) in [5.74, 6) is -0.911. The molecule has 0 aromatic heterocycles. The molecule has 1 N–H and O–H groups in total. The molecule has 0 saturated heterocycles. The van der Waals surface area contributed by atoms with E-state index in [1.807, 2.05) is 6.07 Å². The Hall–Kier alpha value is -2.09. The largest absolute Gasteiger partial charge is 0.390 e. The lowest BCUT2D eigenvalue weighted by Crippen LogP contribution is -2.40. The minimum Gasteiger partial charge on any atom is -0.390 e. The van der Waals surface area contributed by atoms with Crippen molar-refractivity contribution in [3.05, 3.63) is 22.9 Å². The Morgan fingerprint density at radius 1 is 1.39 bits per heavy atom. The number of unbranched alkanes of at least 4 members (excludes halogenated alkanes) is 1. The maximum atomic E-state index is 11.9. The number of nitrogens with one attached hydrogen (secondary N) is 1. The van der Waals surface area contributed by atoms with Crippen LogP contribution in [0.1, 0.15) is 26.7 Å². The topological polar surface area (TPSA) is 73.2 Å². The molecule has 0 aromatic carbocycles. The van der Waals surface area contributed by atoms with Gasteiger partial charge >= 0.3 is 0 Å². The molecular formula is C13H17N3O2. The Labute approximate surface area is 107 Å².